The molecule has 0 heterocycles. The summed E-state index contributed by atoms with van der Waals surface area (Å²) in [5.41, 5.74) is 1.28. The molecule has 0 aliphatic carbocycles. The molecule has 1 nitrogen and oxygen atoms in total. The lowest BCUT2D eigenvalue weighted by molar-refractivity contribution is 0.811. The normalized spacial score (nSPS) is 12.5. The zero-order valence-corrected chi connectivity index (χ0v) is 6.67. The summed E-state index contributed by atoms with van der Waals surface area (Å²) in [5, 5.41) is 6.95. The highest BCUT2D eigenvalue weighted by Gasteiger charge is 2.00. The molecular weight excluding hydrogens is 134 g/mol. The van der Waals surface area contributed by atoms with E-state index in [2.05, 4.69) is 13.0 Å². The smallest absolute Gasteiger partial charge is 0.00418 e. The summed E-state index contributed by atoms with van der Waals surface area (Å²) in [6, 6.07) is 10.9. The van der Waals surface area contributed by atoms with E-state index in [4.69, 9.17) is 5.41 Å². The van der Waals surface area contributed by atoms with E-state index in [9.17, 15) is 0 Å². The zero-order valence-electron chi connectivity index (χ0n) is 6.67. The molecule has 1 radical (unpaired) electrons. The molecule has 1 N–H and O–H groups in total. The van der Waals surface area contributed by atoms with Gasteiger partial charge in [0.1, 0.15) is 0 Å². The fourth-order valence-corrected chi connectivity index (χ4v) is 1.04. The monoisotopic (exact) mass is 146 g/mol. The van der Waals surface area contributed by atoms with Gasteiger partial charge >= 0.3 is 0 Å². The molecule has 0 spiro atoms. The van der Waals surface area contributed by atoms with Crippen molar-refractivity contribution in [3.05, 3.63) is 35.9 Å². The number of nitrogens with one attached hydrogen (secondary N) is 1. The van der Waals surface area contributed by atoms with Crippen LogP contribution in [-0.2, 0) is 0 Å². The van der Waals surface area contributed by atoms with Gasteiger partial charge in [0.2, 0.25) is 0 Å². The molecule has 1 rings (SSSR count). The van der Waals surface area contributed by atoms with Crippen LogP contribution in [0.4, 0.5) is 0 Å². The van der Waals surface area contributed by atoms with Gasteiger partial charge in [0.25, 0.3) is 0 Å². The van der Waals surface area contributed by atoms with Gasteiger partial charge in [-0.1, -0.05) is 31.2 Å². The summed E-state index contributed by atoms with van der Waals surface area (Å²) < 4.78 is 0. The van der Waals surface area contributed by atoms with Crippen molar-refractivity contribution < 1.29 is 0 Å². The third-order valence-electron chi connectivity index (χ3n) is 1.78. The minimum absolute atomic E-state index is 0.460. The van der Waals surface area contributed by atoms with Gasteiger partial charge in [-0.15, -0.1) is 0 Å². The summed E-state index contributed by atoms with van der Waals surface area (Å²) in [6.45, 7) is 2.13. The minimum atomic E-state index is 0.460. The summed E-state index contributed by atoms with van der Waals surface area (Å²) in [7, 11) is 0. The van der Waals surface area contributed by atoms with Crippen molar-refractivity contribution in [3.8, 4) is 0 Å². The van der Waals surface area contributed by atoms with Crippen LogP contribution in [0.5, 0.6) is 0 Å². The van der Waals surface area contributed by atoms with E-state index in [1.807, 2.05) is 24.3 Å². The first-order valence-corrected chi connectivity index (χ1v) is 3.79. The maximum atomic E-state index is 6.95. The Morgan fingerprint density at radius 1 is 1.55 bits per heavy atom. The van der Waals surface area contributed by atoms with Crippen LogP contribution in [0.1, 0.15) is 24.8 Å². The zero-order chi connectivity index (χ0) is 8.10. The highest BCUT2D eigenvalue weighted by Crippen LogP contribution is 2.16. The highest BCUT2D eigenvalue weighted by atomic mass is 14.3. The predicted molar refractivity (Wildman–Crippen MR) is 47.1 cm³/mol. The molecule has 57 valence electrons. The number of benzene rings is 1. The molecule has 0 saturated heterocycles. The first kappa shape index (κ1) is 7.99. The van der Waals surface area contributed by atoms with Crippen molar-refractivity contribution >= 4 is 6.21 Å². The van der Waals surface area contributed by atoms with E-state index >= 15 is 0 Å². The summed E-state index contributed by atoms with van der Waals surface area (Å²) in [4.78, 5) is 0. The van der Waals surface area contributed by atoms with Gasteiger partial charge in [0, 0.05) is 0 Å². The van der Waals surface area contributed by atoms with Crippen LogP contribution in [-0.4, -0.2) is 6.21 Å². The number of hydrogen-bond acceptors (Lipinski definition) is 1. The second-order valence-electron chi connectivity index (χ2n) is 2.67. The lowest BCUT2D eigenvalue weighted by Gasteiger charge is -2.06. The van der Waals surface area contributed by atoms with Crippen molar-refractivity contribution in [1.82, 2.24) is 0 Å². The third-order valence-corrected chi connectivity index (χ3v) is 1.78. The molecule has 0 bridgehead atoms. The Bertz CT molecular complexity index is 216. The topological polar surface area (TPSA) is 23.9 Å². The fourth-order valence-electron chi connectivity index (χ4n) is 1.04. The molecule has 0 aliphatic heterocycles. The Morgan fingerprint density at radius 3 is 2.73 bits per heavy atom. The number of hydrogen-bond donors (Lipinski definition) is 1. The standard InChI is InChI=1S/C10H12N/c1-9(7-8-11)10-5-3-2-4-6-10/h3-6,8-9,11H,7H2,1H3. The van der Waals surface area contributed by atoms with Gasteiger partial charge in [-0.05, 0) is 30.2 Å². The summed E-state index contributed by atoms with van der Waals surface area (Å²) in [6.07, 6.45) is 2.28. The average Bonchev–Trinajstić information content (AvgIpc) is 2.07. The molecule has 0 amide bonds. The first-order valence-electron chi connectivity index (χ1n) is 3.79. The van der Waals surface area contributed by atoms with Crippen molar-refractivity contribution in [2.45, 2.75) is 19.3 Å². The Hall–Kier alpha value is -1.11. The SMILES string of the molecule is CC(CC=N)c1cc[c]cc1. The van der Waals surface area contributed by atoms with Crippen molar-refractivity contribution in [2.24, 2.45) is 0 Å². The van der Waals surface area contributed by atoms with Gasteiger partial charge < -0.3 is 5.41 Å². The van der Waals surface area contributed by atoms with E-state index in [1.54, 1.807) is 0 Å². The Labute approximate surface area is 67.6 Å². The summed E-state index contributed by atoms with van der Waals surface area (Å²) in [5.74, 6) is 0.460. The molecule has 11 heavy (non-hydrogen) atoms. The van der Waals surface area contributed by atoms with Crippen LogP contribution in [0.3, 0.4) is 0 Å². The Morgan fingerprint density at radius 2 is 2.18 bits per heavy atom. The van der Waals surface area contributed by atoms with E-state index < -0.39 is 0 Å². The van der Waals surface area contributed by atoms with Gasteiger partial charge in [-0.3, -0.25) is 0 Å². The molecule has 0 aromatic heterocycles. The average molecular weight is 146 g/mol. The Kier molecular flexibility index (Phi) is 2.84. The number of rotatable bonds is 3. The minimum Gasteiger partial charge on any atom is -0.313 e. The van der Waals surface area contributed by atoms with Gasteiger partial charge in [0.15, 0.2) is 0 Å². The molecule has 0 aliphatic rings. The van der Waals surface area contributed by atoms with Crippen LogP contribution in [0.15, 0.2) is 24.3 Å². The van der Waals surface area contributed by atoms with Crippen LogP contribution >= 0.6 is 0 Å². The van der Waals surface area contributed by atoms with Crippen molar-refractivity contribution in [1.29, 1.82) is 5.41 Å². The second kappa shape index (κ2) is 3.91. The second-order valence-corrected chi connectivity index (χ2v) is 2.67. The van der Waals surface area contributed by atoms with Crippen LogP contribution < -0.4 is 0 Å². The lowest BCUT2D eigenvalue weighted by Crippen LogP contribution is -1.92. The predicted octanol–water partition coefficient (Wildman–Crippen LogP) is 2.63. The first-order chi connectivity index (χ1) is 5.34. The molecule has 0 saturated carbocycles. The maximum Gasteiger partial charge on any atom is -0.00418 e. The largest absolute Gasteiger partial charge is 0.313 e. The lowest BCUT2D eigenvalue weighted by atomic mass is 9.99. The van der Waals surface area contributed by atoms with E-state index in [0.29, 0.717) is 5.92 Å². The van der Waals surface area contributed by atoms with Gasteiger partial charge in [-0.25, -0.2) is 0 Å². The van der Waals surface area contributed by atoms with Crippen LogP contribution in [0, 0.1) is 11.5 Å². The maximum absolute atomic E-state index is 6.95. The van der Waals surface area contributed by atoms with Crippen molar-refractivity contribution in [2.75, 3.05) is 0 Å². The van der Waals surface area contributed by atoms with Gasteiger partial charge in [0.05, 0.1) is 0 Å². The van der Waals surface area contributed by atoms with Crippen LogP contribution in [0.25, 0.3) is 0 Å². The van der Waals surface area contributed by atoms with E-state index in [1.165, 1.54) is 11.8 Å². The Balaban J connectivity index is 2.68. The molecular formula is C10H12N. The van der Waals surface area contributed by atoms with E-state index in [0.717, 1.165) is 6.42 Å². The van der Waals surface area contributed by atoms with Crippen molar-refractivity contribution in [3.63, 3.8) is 0 Å². The third kappa shape index (κ3) is 2.19. The summed E-state index contributed by atoms with van der Waals surface area (Å²) >= 11 is 0. The molecule has 1 atom stereocenters. The van der Waals surface area contributed by atoms with E-state index in [-0.39, 0.29) is 0 Å². The quantitative estimate of drug-likeness (QED) is 0.634. The molecule has 0 fully saturated rings. The molecule has 1 unspecified atom stereocenters. The molecule has 1 aromatic rings. The fraction of sp³-hybridized carbons (Fsp3) is 0.300. The molecule has 1 heteroatoms. The molecule has 1 aromatic carbocycles. The van der Waals surface area contributed by atoms with Crippen LogP contribution in [0.2, 0.25) is 0 Å². The van der Waals surface area contributed by atoms with Gasteiger partial charge in [-0.2, -0.15) is 0 Å². The highest BCUT2D eigenvalue weighted by molar-refractivity contribution is 5.54.